The third-order valence-electron chi connectivity index (χ3n) is 2.70. The first-order valence-electron chi connectivity index (χ1n) is 5.45. The number of halogens is 4. The van der Waals surface area contributed by atoms with Gasteiger partial charge in [0.1, 0.15) is 11.6 Å². The van der Waals surface area contributed by atoms with Crippen molar-refractivity contribution in [1.82, 2.24) is 0 Å². The van der Waals surface area contributed by atoms with Crippen LogP contribution in [0.5, 0.6) is 5.75 Å². The molecule has 0 saturated heterocycles. The van der Waals surface area contributed by atoms with E-state index in [1.165, 1.54) is 12.1 Å². The standard InChI is InChI=1S/C14H10BrCl2FO/c1-19-13-5-2-8(15)6-11(13)14(17)10-4-3-9(18)7-12(10)16/h2-7,14H,1H3. The van der Waals surface area contributed by atoms with E-state index in [1.807, 2.05) is 18.2 Å². The fourth-order valence-electron chi connectivity index (χ4n) is 1.78. The molecule has 5 heteroatoms. The second-order valence-corrected chi connectivity index (χ2v) is 5.67. The minimum absolute atomic E-state index is 0.294. The van der Waals surface area contributed by atoms with Crippen LogP contribution in [-0.2, 0) is 0 Å². The molecule has 100 valence electrons. The van der Waals surface area contributed by atoms with Crippen molar-refractivity contribution in [3.8, 4) is 5.75 Å². The molecule has 0 aliphatic heterocycles. The van der Waals surface area contributed by atoms with E-state index in [1.54, 1.807) is 13.2 Å². The number of ether oxygens (including phenoxy) is 1. The Labute approximate surface area is 129 Å². The molecule has 1 atom stereocenters. The first kappa shape index (κ1) is 14.6. The maximum Gasteiger partial charge on any atom is 0.124 e. The average Bonchev–Trinajstić information content (AvgIpc) is 2.38. The highest BCUT2D eigenvalue weighted by Gasteiger charge is 2.19. The van der Waals surface area contributed by atoms with Gasteiger partial charge in [0.2, 0.25) is 0 Å². The Morgan fingerprint density at radius 2 is 1.89 bits per heavy atom. The summed E-state index contributed by atoms with van der Waals surface area (Å²) in [5.41, 5.74) is 1.41. The molecule has 0 N–H and O–H groups in total. The highest BCUT2D eigenvalue weighted by molar-refractivity contribution is 9.10. The summed E-state index contributed by atoms with van der Waals surface area (Å²) in [5.74, 6) is 0.266. The van der Waals surface area contributed by atoms with E-state index < -0.39 is 5.38 Å². The zero-order valence-electron chi connectivity index (χ0n) is 9.96. The SMILES string of the molecule is COc1ccc(Br)cc1C(Cl)c1ccc(F)cc1Cl. The highest BCUT2D eigenvalue weighted by atomic mass is 79.9. The quantitative estimate of drug-likeness (QED) is 0.647. The molecule has 0 radical (unpaired) electrons. The Morgan fingerprint density at radius 3 is 2.53 bits per heavy atom. The number of rotatable bonds is 3. The van der Waals surface area contributed by atoms with E-state index in [4.69, 9.17) is 27.9 Å². The van der Waals surface area contributed by atoms with Crippen LogP contribution < -0.4 is 4.74 Å². The largest absolute Gasteiger partial charge is 0.496 e. The van der Waals surface area contributed by atoms with E-state index in [9.17, 15) is 4.39 Å². The van der Waals surface area contributed by atoms with Crippen LogP contribution in [0.4, 0.5) is 4.39 Å². The van der Waals surface area contributed by atoms with Gasteiger partial charge >= 0.3 is 0 Å². The molecule has 2 aromatic carbocycles. The topological polar surface area (TPSA) is 9.23 Å². The molecule has 1 nitrogen and oxygen atoms in total. The fourth-order valence-corrected chi connectivity index (χ4v) is 2.85. The van der Waals surface area contributed by atoms with E-state index in [0.717, 1.165) is 10.0 Å². The zero-order chi connectivity index (χ0) is 14.0. The second-order valence-electron chi connectivity index (χ2n) is 3.91. The number of alkyl halides is 1. The Bertz CT molecular complexity index is 604. The van der Waals surface area contributed by atoms with Gasteiger partial charge in [0, 0.05) is 15.1 Å². The molecule has 0 amide bonds. The van der Waals surface area contributed by atoms with Crippen molar-refractivity contribution in [2.75, 3.05) is 7.11 Å². The first-order valence-corrected chi connectivity index (χ1v) is 7.06. The Hall–Kier alpha value is -0.770. The van der Waals surface area contributed by atoms with Gasteiger partial charge in [0.05, 0.1) is 12.5 Å². The van der Waals surface area contributed by atoms with Crippen LogP contribution in [0, 0.1) is 5.82 Å². The lowest BCUT2D eigenvalue weighted by atomic mass is 10.0. The van der Waals surface area contributed by atoms with Crippen LogP contribution >= 0.6 is 39.1 Å². The molecule has 0 saturated carbocycles. The summed E-state index contributed by atoms with van der Waals surface area (Å²) in [4.78, 5) is 0. The molecular formula is C14H10BrCl2FO. The van der Waals surface area contributed by atoms with Gasteiger partial charge in [-0.3, -0.25) is 0 Å². The summed E-state index contributed by atoms with van der Waals surface area (Å²) in [6.45, 7) is 0. The summed E-state index contributed by atoms with van der Waals surface area (Å²) < 4.78 is 19.2. The Balaban J connectivity index is 2.49. The van der Waals surface area contributed by atoms with Gasteiger partial charge in [-0.05, 0) is 35.9 Å². The molecule has 1 unspecified atom stereocenters. The Morgan fingerprint density at radius 1 is 1.16 bits per heavy atom. The van der Waals surface area contributed by atoms with E-state index in [-0.39, 0.29) is 5.82 Å². The van der Waals surface area contributed by atoms with Gasteiger partial charge in [-0.2, -0.15) is 0 Å². The maximum atomic E-state index is 13.1. The predicted octanol–water partition coefficient (Wildman–Crippen LogP) is 5.58. The third-order valence-corrected chi connectivity index (χ3v) is 3.99. The number of hydrogen-bond acceptors (Lipinski definition) is 1. The van der Waals surface area contributed by atoms with Crippen molar-refractivity contribution in [2.45, 2.75) is 5.38 Å². The normalized spacial score (nSPS) is 12.3. The zero-order valence-corrected chi connectivity index (χ0v) is 13.1. The van der Waals surface area contributed by atoms with Crippen LogP contribution in [0.2, 0.25) is 5.02 Å². The van der Waals surface area contributed by atoms with Crippen LogP contribution in [0.25, 0.3) is 0 Å². The summed E-state index contributed by atoms with van der Waals surface area (Å²) in [6.07, 6.45) is 0. The van der Waals surface area contributed by atoms with Gasteiger partial charge in [-0.25, -0.2) is 4.39 Å². The average molecular weight is 364 g/mol. The van der Waals surface area contributed by atoms with Crippen LogP contribution in [0.3, 0.4) is 0 Å². The lowest BCUT2D eigenvalue weighted by molar-refractivity contribution is 0.410. The number of benzene rings is 2. The second kappa shape index (κ2) is 6.12. The van der Waals surface area contributed by atoms with Crippen LogP contribution in [-0.4, -0.2) is 7.11 Å². The number of hydrogen-bond donors (Lipinski definition) is 0. The predicted molar refractivity (Wildman–Crippen MR) is 79.8 cm³/mol. The van der Waals surface area contributed by atoms with Crippen molar-refractivity contribution in [2.24, 2.45) is 0 Å². The minimum atomic E-state index is -0.513. The van der Waals surface area contributed by atoms with Gasteiger partial charge in [0.15, 0.2) is 0 Å². The lowest BCUT2D eigenvalue weighted by Gasteiger charge is -2.16. The molecule has 0 fully saturated rings. The first-order chi connectivity index (χ1) is 9.02. The van der Waals surface area contributed by atoms with E-state index >= 15 is 0 Å². The van der Waals surface area contributed by atoms with E-state index in [0.29, 0.717) is 16.3 Å². The summed E-state index contributed by atoms with van der Waals surface area (Å²) in [6, 6.07) is 9.69. The molecule has 2 aromatic rings. The molecule has 0 bridgehead atoms. The number of methoxy groups -OCH3 is 1. The van der Waals surface area contributed by atoms with Gasteiger partial charge in [-0.15, -0.1) is 11.6 Å². The van der Waals surface area contributed by atoms with Crippen molar-refractivity contribution in [3.63, 3.8) is 0 Å². The smallest absolute Gasteiger partial charge is 0.124 e. The van der Waals surface area contributed by atoms with Gasteiger partial charge in [-0.1, -0.05) is 33.6 Å². The van der Waals surface area contributed by atoms with Crippen molar-refractivity contribution >= 4 is 39.1 Å². The lowest BCUT2D eigenvalue weighted by Crippen LogP contribution is -1.99. The molecule has 2 rings (SSSR count). The van der Waals surface area contributed by atoms with Gasteiger partial charge in [0.25, 0.3) is 0 Å². The highest BCUT2D eigenvalue weighted by Crippen LogP contribution is 2.39. The minimum Gasteiger partial charge on any atom is -0.496 e. The molecular weight excluding hydrogens is 354 g/mol. The van der Waals surface area contributed by atoms with Crippen molar-refractivity contribution in [3.05, 3.63) is 62.8 Å². The molecule has 0 aromatic heterocycles. The van der Waals surface area contributed by atoms with Crippen molar-refractivity contribution in [1.29, 1.82) is 0 Å². The van der Waals surface area contributed by atoms with Crippen LogP contribution in [0.1, 0.15) is 16.5 Å². The molecule has 0 aliphatic rings. The summed E-state index contributed by atoms with van der Waals surface area (Å²) in [7, 11) is 1.57. The third kappa shape index (κ3) is 3.22. The molecule has 19 heavy (non-hydrogen) atoms. The molecule has 0 aliphatic carbocycles. The summed E-state index contributed by atoms with van der Waals surface area (Å²) in [5, 5.41) is -0.220. The van der Waals surface area contributed by atoms with E-state index in [2.05, 4.69) is 15.9 Å². The molecule has 0 spiro atoms. The van der Waals surface area contributed by atoms with Gasteiger partial charge < -0.3 is 4.74 Å². The van der Waals surface area contributed by atoms with Crippen LogP contribution in [0.15, 0.2) is 40.9 Å². The maximum absolute atomic E-state index is 13.1. The summed E-state index contributed by atoms with van der Waals surface area (Å²) >= 11 is 15.9. The fraction of sp³-hybridized carbons (Fsp3) is 0.143. The monoisotopic (exact) mass is 362 g/mol. The Kier molecular flexibility index (Phi) is 4.71. The molecule has 0 heterocycles. The van der Waals surface area contributed by atoms with Crippen molar-refractivity contribution < 1.29 is 9.13 Å².